The third-order valence-corrected chi connectivity index (χ3v) is 3.02. The summed E-state index contributed by atoms with van der Waals surface area (Å²) in [5.74, 6) is -1.08. The van der Waals surface area contributed by atoms with Crippen LogP contribution in [0.25, 0.3) is 11.3 Å². The van der Waals surface area contributed by atoms with E-state index in [4.69, 9.17) is 4.52 Å². The second kappa shape index (κ2) is 5.20. The summed E-state index contributed by atoms with van der Waals surface area (Å²) in [7, 11) is 0. The van der Waals surface area contributed by atoms with Crippen LogP contribution in [0.1, 0.15) is 10.5 Å². The van der Waals surface area contributed by atoms with Crippen LogP contribution in [0.5, 0.6) is 0 Å². The number of aromatic nitrogens is 1. The van der Waals surface area contributed by atoms with Gasteiger partial charge in [-0.25, -0.2) is 0 Å². The van der Waals surface area contributed by atoms with Gasteiger partial charge in [0.15, 0.2) is 11.5 Å². The van der Waals surface area contributed by atoms with Crippen molar-refractivity contribution in [3.63, 3.8) is 0 Å². The first-order valence-corrected chi connectivity index (χ1v) is 6.27. The highest BCUT2D eigenvalue weighted by atomic mass is 16.5. The molecule has 1 saturated heterocycles. The first kappa shape index (κ1) is 13.0. The van der Waals surface area contributed by atoms with Crippen LogP contribution in [0.15, 0.2) is 40.9 Å². The minimum Gasteiger partial charge on any atom is -0.355 e. The molecule has 1 aliphatic heterocycles. The monoisotopic (exact) mass is 285 g/mol. The van der Waals surface area contributed by atoms with Crippen molar-refractivity contribution in [2.24, 2.45) is 0 Å². The van der Waals surface area contributed by atoms with Crippen LogP contribution in [0.4, 0.5) is 0 Å². The van der Waals surface area contributed by atoms with Crippen molar-refractivity contribution in [2.45, 2.75) is 0 Å². The summed E-state index contributed by atoms with van der Waals surface area (Å²) in [5, 5.41) is 5.84. The highest BCUT2D eigenvalue weighted by molar-refractivity contribution is 6.05. The Kier molecular flexibility index (Phi) is 3.23. The molecule has 2 aromatic rings. The van der Waals surface area contributed by atoms with Crippen molar-refractivity contribution in [3.05, 3.63) is 42.1 Å². The smallest absolute Gasteiger partial charge is 0.276 e. The lowest BCUT2D eigenvalue weighted by molar-refractivity contribution is -0.135. The van der Waals surface area contributed by atoms with Crippen LogP contribution in [0, 0.1) is 0 Å². The molecule has 7 heteroatoms. The zero-order valence-corrected chi connectivity index (χ0v) is 10.9. The number of hydrogen-bond donors (Lipinski definition) is 1. The molecule has 0 radical (unpaired) electrons. The number of nitrogens with zero attached hydrogens (tertiary/aromatic N) is 2. The number of benzene rings is 1. The van der Waals surface area contributed by atoms with E-state index in [1.807, 2.05) is 30.3 Å². The Bertz CT molecular complexity index is 692. The minimum absolute atomic E-state index is 0.0661. The average Bonchev–Trinajstić information content (AvgIpc) is 2.96. The second-order valence-corrected chi connectivity index (χ2v) is 4.57. The summed E-state index contributed by atoms with van der Waals surface area (Å²) < 4.78 is 5.13. The van der Waals surface area contributed by atoms with Gasteiger partial charge < -0.3 is 9.42 Å². The maximum atomic E-state index is 12.2. The van der Waals surface area contributed by atoms with Gasteiger partial charge in [-0.3, -0.25) is 19.7 Å². The molecule has 3 rings (SSSR count). The Hall–Kier alpha value is -2.96. The van der Waals surface area contributed by atoms with Crippen molar-refractivity contribution in [3.8, 4) is 11.3 Å². The van der Waals surface area contributed by atoms with Crippen LogP contribution in [-0.4, -0.2) is 40.9 Å². The molecule has 21 heavy (non-hydrogen) atoms. The SMILES string of the molecule is O=C1CN(C(=O)c2cc(-c3ccccc3)on2)CC(=O)N1. The molecule has 0 saturated carbocycles. The topological polar surface area (TPSA) is 92.5 Å². The van der Waals surface area contributed by atoms with Crippen LogP contribution in [-0.2, 0) is 9.59 Å². The molecule has 0 spiro atoms. The van der Waals surface area contributed by atoms with Crippen LogP contribution < -0.4 is 5.32 Å². The average molecular weight is 285 g/mol. The summed E-state index contributed by atoms with van der Waals surface area (Å²) in [5.41, 5.74) is 0.855. The third-order valence-electron chi connectivity index (χ3n) is 3.02. The second-order valence-electron chi connectivity index (χ2n) is 4.57. The number of nitrogens with one attached hydrogen (secondary N) is 1. The molecule has 7 nitrogen and oxygen atoms in total. The van der Waals surface area contributed by atoms with E-state index in [0.29, 0.717) is 5.76 Å². The summed E-state index contributed by atoms with van der Waals surface area (Å²) >= 11 is 0. The Morgan fingerprint density at radius 1 is 1.14 bits per heavy atom. The van der Waals surface area contributed by atoms with E-state index in [-0.39, 0.29) is 18.8 Å². The van der Waals surface area contributed by atoms with Gasteiger partial charge in [-0.1, -0.05) is 35.5 Å². The first-order chi connectivity index (χ1) is 10.1. The standard InChI is InChI=1S/C14H11N3O4/c18-12-7-17(8-13(19)15-12)14(20)10-6-11(21-16-10)9-4-2-1-3-5-9/h1-6H,7-8H2,(H,15,18,19). The molecule has 1 aliphatic rings. The number of hydrogen-bond acceptors (Lipinski definition) is 5. The lowest BCUT2D eigenvalue weighted by Crippen LogP contribution is -2.53. The van der Waals surface area contributed by atoms with Crippen LogP contribution in [0.3, 0.4) is 0 Å². The fourth-order valence-corrected chi connectivity index (χ4v) is 2.06. The number of carbonyl (C=O) groups is 3. The Morgan fingerprint density at radius 3 is 2.48 bits per heavy atom. The van der Waals surface area contributed by atoms with Gasteiger partial charge in [-0.15, -0.1) is 0 Å². The van der Waals surface area contributed by atoms with Gasteiger partial charge >= 0.3 is 0 Å². The van der Waals surface area contributed by atoms with E-state index < -0.39 is 17.7 Å². The summed E-state index contributed by atoms with van der Waals surface area (Å²) in [4.78, 5) is 35.9. The summed E-state index contributed by atoms with van der Waals surface area (Å²) in [6, 6.07) is 10.7. The largest absolute Gasteiger partial charge is 0.355 e. The number of carbonyl (C=O) groups excluding carboxylic acids is 3. The molecule has 1 N–H and O–H groups in total. The molecule has 0 atom stereocenters. The normalized spacial score (nSPS) is 15.0. The Balaban J connectivity index is 1.81. The molecule has 106 valence electrons. The summed E-state index contributed by atoms with van der Waals surface area (Å²) in [6.07, 6.45) is 0. The number of piperazine rings is 1. The predicted octanol–water partition coefficient (Wildman–Crippen LogP) is 0.440. The van der Waals surface area contributed by atoms with Crippen molar-refractivity contribution in [1.82, 2.24) is 15.4 Å². The predicted molar refractivity (Wildman–Crippen MR) is 71.0 cm³/mol. The van der Waals surface area contributed by atoms with Crippen LogP contribution in [0.2, 0.25) is 0 Å². The molecule has 3 amide bonds. The number of amides is 3. The molecule has 1 fully saturated rings. The van der Waals surface area contributed by atoms with Gasteiger partial charge in [-0.05, 0) is 0 Å². The molecule has 1 aromatic heterocycles. The molecule has 0 bridgehead atoms. The lowest BCUT2D eigenvalue weighted by Gasteiger charge is -2.24. The number of rotatable bonds is 2. The highest BCUT2D eigenvalue weighted by Crippen LogP contribution is 2.20. The van der Waals surface area contributed by atoms with E-state index in [0.717, 1.165) is 10.5 Å². The van der Waals surface area contributed by atoms with Crippen molar-refractivity contribution in [2.75, 3.05) is 13.1 Å². The maximum absolute atomic E-state index is 12.2. The molecule has 0 unspecified atom stereocenters. The lowest BCUT2D eigenvalue weighted by atomic mass is 10.1. The molecular weight excluding hydrogens is 274 g/mol. The van der Waals surface area contributed by atoms with E-state index in [2.05, 4.69) is 10.5 Å². The van der Waals surface area contributed by atoms with Gasteiger partial charge in [0.2, 0.25) is 11.8 Å². The minimum atomic E-state index is -0.510. The first-order valence-electron chi connectivity index (χ1n) is 6.27. The van der Waals surface area contributed by atoms with Crippen LogP contribution >= 0.6 is 0 Å². The van der Waals surface area contributed by atoms with Gasteiger partial charge in [-0.2, -0.15) is 0 Å². The fraction of sp³-hybridized carbons (Fsp3) is 0.143. The molecule has 1 aromatic carbocycles. The maximum Gasteiger partial charge on any atom is 0.276 e. The third kappa shape index (κ3) is 2.66. The zero-order chi connectivity index (χ0) is 14.8. The van der Waals surface area contributed by atoms with E-state index in [1.165, 1.54) is 6.07 Å². The Labute approximate surface area is 119 Å². The van der Waals surface area contributed by atoms with Gasteiger partial charge in [0.05, 0.1) is 0 Å². The van der Waals surface area contributed by atoms with Gasteiger partial charge in [0, 0.05) is 11.6 Å². The van der Waals surface area contributed by atoms with Crippen molar-refractivity contribution < 1.29 is 18.9 Å². The van der Waals surface area contributed by atoms with E-state index >= 15 is 0 Å². The molecular formula is C14H11N3O4. The van der Waals surface area contributed by atoms with E-state index in [9.17, 15) is 14.4 Å². The Morgan fingerprint density at radius 2 is 1.81 bits per heavy atom. The molecule has 2 heterocycles. The fourth-order valence-electron chi connectivity index (χ4n) is 2.06. The highest BCUT2D eigenvalue weighted by Gasteiger charge is 2.28. The van der Waals surface area contributed by atoms with E-state index in [1.54, 1.807) is 0 Å². The quantitative estimate of drug-likeness (QED) is 0.808. The molecule has 0 aliphatic carbocycles. The number of imide groups is 1. The van der Waals surface area contributed by atoms with Gasteiger partial charge in [0.25, 0.3) is 5.91 Å². The van der Waals surface area contributed by atoms with Crippen molar-refractivity contribution in [1.29, 1.82) is 0 Å². The van der Waals surface area contributed by atoms with Gasteiger partial charge in [0.1, 0.15) is 13.1 Å². The van der Waals surface area contributed by atoms with Crippen molar-refractivity contribution >= 4 is 17.7 Å². The summed E-state index contributed by atoms with van der Waals surface area (Å²) in [6.45, 7) is -0.337. The zero-order valence-electron chi connectivity index (χ0n) is 10.9.